The molecule has 1 aromatic carbocycles. The van der Waals surface area contributed by atoms with Crippen molar-refractivity contribution in [2.24, 2.45) is 0 Å². The number of fused-ring (bicyclic) bond motifs is 1. The van der Waals surface area contributed by atoms with Crippen molar-refractivity contribution in [1.82, 2.24) is 0 Å². The van der Waals surface area contributed by atoms with E-state index in [1.165, 1.54) is 28.6 Å². The summed E-state index contributed by atoms with van der Waals surface area (Å²) in [7, 11) is 0. The molecule has 15 heavy (non-hydrogen) atoms. The molecule has 1 heterocycles. The van der Waals surface area contributed by atoms with E-state index >= 15 is 0 Å². The molecule has 0 amide bonds. The Hall–Kier alpha value is -0.480. The fourth-order valence-electron chi connectivity index (χ4n) is 1.51. The van der Waals surface area contributed by atoms with E-state index in [-0.39, 0.29) is 0 Å². The largest absolute Gasteiger partial charge is 0.355 e. The molecular formula is C11H16N2S2. The van der Waals surface area contributed by atoms with E-state index in [1.807, 2.05) is 23.5 Å². The normalized spacial score (nSPS) is 14.5. The average Bonchev–Trinajstić information content (AvgIpc) is 2.67. The van der Waals surface area contributed by atoms with E-state index in [2.05, 4.69) is 41.8 Å². The van der Waals surface area contributed by atoms with Gasteiger partial charge in [-0.15, -0.1) is 11.8 Å². The van der Waals surface area contributed by atoms with Crippen LogP contribution in [-0.4, -0.2) is 22.8 Å². The van der Waals surface area contributed by atoms with Crippen LogP contribution in [0, 0.1) is 0 Å². The van der Waals surface area contributed by atoms with Crippen molar-refractivity contribution in [3.8, 4) is 0 Å². The van der Waals surface area contributed by atoms with Crippen molar-refractivity contribution in [3.63, 3.8) is 0 Å². The molecule has 0 aliphatic carbocycles. The first-order valence-corrected chi connectivity index (χ1v) is 7.42. The quantitative estimate of drug-likeness (QED) is 0.771. The molecule has 0 aromatic heterocycles. The van der Waals surface area contributed by atoms with Crippen LogP contribution in [0.2, 0.25) is 0 Å². The SMILES string of the molecule is CCSCCSC1Nc2ccccc2N1. The lowest BCUT2D eigenvalue weighted by Crippen LogP contribution is -2.18. The predicted molar refractivity (Wildman–Crippen MR) is 72.9 cm³/mol. The van der Waals surface area contributed by atoms with Gasteiger partial charge in [0.15, 0.2) is 0 Å². The van der Waals surface area contributed by atoms with E-state index in [9.17, 15) is 0 Å². The third-order valence-electron chi connectivity index (χ3n) is 2.22. The lowest BCUT2D eigenvalue weighted by atomic mass is 10.3. The van der Waals surface area contributed by atoms with Gasteiger partial charge in [-0.25, -0.2) is 0 Å². The van der Waals surface area contributed by atoms with Crippen LogP contribution in [-0.2, 0) is 0 Å². The number of hydrogen-bond acceptors (Lipinski definition) is 4. The van der Waals surface area contributed by atoms with Crippen molar-refractivity contribution in [2.75, 3.05) is 27.9 Å². The molecule has 1 aromatic rings. The topological polar surface area (TPSA) is 24.1 Å². The Bertz CT molecular complexity index is 292. The minimum Gasteiger partial charge on any atom is -0.355 e. The van der Waals surface area contributed by atoms with E-state index in [0.717, 1.165) is 0 Å². The second-order valence-electron chi connectivity index (χ2n) is 3.28. The van der Waals surface area contributed by atoms with Gasteiger partial charge in [0.05, 0.1) is 11.4 Å². The molecule has 4 heteroatoms. The van der Waals surface area contributed by atoms with Crippen molar-refractivity contribution < 1.29 is 0 Å². The number of para-hydroxylation sites is 2. The Morgan fingerprint density at radius 3 is 2.40 bits per heavy atom. The monoisotopic (exact) mass is 240 g/mol. The van der Waals surface area contributed by atoms with Gasteiger partial charge < -0.3 is 10.6 Å². The van der Waals surface area contributed by atoms with E-state index in [4.69, 9.17) is 0 Å². The minimum atomic E-state index is 0.347. The van der Waals surface area contributed by atoms with Crippen molar-refractivity contribution in [1.29, 1.82) is 0 Å². The van der Waals surface area contributed by atoms with Gasteiger partial charge in [0.25, 0.3) is 0 Å². The van der Waals surface area contributed by atoms with E-state index in [1.54, 1.807) is 0 Å². The second-order valence-corrected chi connectivity index (χ2v) is 5.89. The lowest BCUT2D eigenvalue weighted by molar-refractivity contribution is 1.20. The fraction of sp³-hybridized carbons (Fsp3) is 0.455. The van der Waals surface area contributed by atoms with Crippen LogP contribution in [0.3, 0.4) is 0 Å². The summed E-state index contributed by atoms with van der Waals surface area (Å²) in [5.74, 6) is 3.64. The Kier molecular flexibility index (Phi) is 4.09. The first-order valence-electron chi connectivity index (χ1n) is 5.21. The third kappa shape index (κ3) is 2.98. The van der Waals surface area contributed by atoms with Crippen LogP contribution < -0.4 is 10.6 Å². The third-order valence-corrected chi connectivity index (χ3v) is 4.38. The zero-order valence-electron chi connectivity index (χ0n) is 8.82. The average molecular weight is 240 g/mol. The summed E-state index contributed by atoms with van der Waals surface area (Å²) in [4.78, 5) is 0. The van der Waals surface area contributed by atoms with Crippen molar-refractivity contribution in [3.05, 3.63) is 24.3 Å². The molecule has 1 aliphatic rings. The van der Waals surface area contributed by atoms with Crippen LogP contribution in [0.25, 0.3) is 0 Å². The minimum absolute atomic E-state index is 0.347. The molecule has 0 radical (unpaired) electrons. The maximum Gasteiger partial charge on any atom is 0.145 e. The number of rotatable bonds is 5. The number of anilines is 2. The van der Waals surface area contributed by atoms with Crippen LogP contribution >= 0.6 is 23.5 Å². The molecule has 0 atom stereocenters. The molecule has 2 rings (SSSR count). The Morgan fingerprint density at radius 1 is 1.13 bits per heavy atom. The first-order chi connectivity index (χ1) is 7.40. The Labute approximate surface area is 99.6 Å². The molecule has 0 saturated heterocycles. The summed E-state index contributed by atoms with van der Waals surface area (Å²) in [6.45, 7) is 2.21. The Morgan fingerprint density at radius 2 is 1.80 bits per heavy atom. The van der Waals surface area contributed by atoms with Crippen LogP contribution in [0.5, 0.6) is 0 Å². The Balaban J connectivity index is 1.76. The summed E-state index contributed by atoms with van der Waals surface area (Å²) < 4.78 is 0. The molecule has 2 nitrogen and oxygen atoms in total. The molecular weight excluding hydrogens is 224 g/mol. The molecule has 0 bridgehead atoms. The second kappa shape index (κ2) is 5.56. The maximum atomic E-state index is 3.45. The summed E-state index contributed by atoms with van der Waals surface area (Å²) in [6, 6.07) is 8.36. The van der Waals surface area contributed by atoms with Crippen LogP contribution in [0.15, 0.2) is 24.3 Å². The number of hydrogen-bond donors (Lipinski definition) is 2. The molecule has 1 aliphatic heterocycles. The zero-order valence-corrected chi connectivity index (χ0v) is 10.5. The smallest absolute Gasteiger partial charge is 0.145 e. The highest BCUT2D eigenvalue weighted by Gasteiger charge is 2.17. The van der Waals surface area contributed by atoms with Gasteiger partial charge in [-0.3, -0.25) is 0 Å². The standard InChI is InChI=1S/C11H16N2S2/c1-2-14-7-8-15-11-12-9-5-3-4-6-10(9)13-11/h3-6,11-13H,2,7-8H2,1H3. The highest BCUT2D eigenvalue weighted by atomic mass is 32.2. The van der Waals surface area contributed by atoms with Gasteiger partial charge in [-0.2, -0.15) is 11.8 Å². The van der Waals surface area contributed by atoms with Gasteiger partial charge in [-0.05, 0) is 17.9 Å². The van der Waals surface area contributed by atoms with E-state index < -0.39 is 0 Å². The van der Waals surface area contributed by atoms with Gasteiger partial charge in [0.1, 0.15) is 5.50 Å². The van der Waals surface area contributed by atoms with Crippen molar-refractivity contribution in [2.45, 2.75) is 12.4 Å². The molecule has 2 N–H and O–H groups in total. The predicted octanol–water partition coefficient (Wildman–Crippen LogP) is 3.29. The molecule has 82 valence electrons. The van der Waals surface area contributed by atoms with E-state index in [0.29, 0.717) is 5.50 Å². The van der Waals surface area contributed by atoms with Gasteiger partial charge in [0, 0.05) is 11.5 Å². The van der Waals surface area contributed by atoms with Gasteiger partial charge in [0.2, 0.25) is 0 Å². The first kappa shape index (κ1) is 11.0. The molecule has 0 fully saturated rings. The fourth-order valence-corrected chi connectivity index (χ4v) is 3.31. The van der Waals surface area contributed by atoms with Crippen LogP contribution in [0.4, 0.5) is 11.4 Å². The lowest BCUT2D eigenvalue weighted by Gasteiger charge is -2.11. The highest BCUT2D eigenvalue weighted by Crippen LogP contribution is 2.32. The molecule has 0 spiro atoms. The maximum absolute atomic E-state index is 3.45. The van der Waals surface area contributed by atoms with Gasteiger partial charge >= 0.3 is 0 Å². The molecule has 0 saturated carbocycles. The molecule has 0 unspecified atom stereocenters. The summed E-state index contributed by atoms with van der Waals surface area (Å²) in [5.41, 5.74) is 2.79. The summed E-state index contributed by atoms with van der Waals surface area (Å²) in [5, 5.41) is 6.91. The van der Waals surface area contributed by atoms with Gasteiger partial charge in [-0.1, -0.05) is 19.1 Å². The zero-order chi connectivity index (χ0) is 10.5. The number of thioether (sulfide) groups is 2. The number of nitrogens with one attached hydrogen (secondary N) is 2. The summed E-state index contributed by atoms with van der Waals surface area (Å²) in [6.07, 6.45) is 0. The van der Waals surface area contributed by atoms with Crippen molar-refractivity contribution >= 4 is 34.9 Å². The van der Waals surface area contributed by atoms with Crippen LogP contribution in [0.1, 0.15) is 6.92 Å². The highest BCUT2D eigenvalue weighted by molar-refractivity contribution is 8.03. The number of benzene rings is 1. The summed E-state index contributed by atoms with van der Waals surface area (Å²) >= 11 is 3.94.